The first-order valence-electron chi connectivity index (χ1n) is 7.02. The van der Waals surface area contributed by atoms with Crippen molar-refractivity contribution in [3.8, 4) is 0 Å². The van der Waals surface area contributed by atoms with Crippen molar-refractivity contribution in [1.82, 2.24) is 5.16 Å². The van der Waals surface area contributed by atoms with Crippen LogP contribution in [0.2, 0.25) is 0 Å². The van der Waals surface area contributed by atoms with Gasteiger partial charge in [-0.05, 0) is 45.4 Å². The fourth-order valence-electron chi connectivity index (χ4n) is 1.76. The third-order valence-electron chi connectivity index (χ3n) is 3.43. The number of benzene rings is 1. The topological polar surface area (TPSA) is 84.2 Å². The number of rotatable bonds is 4. The standard InChI is InChI=1S/C16H18BrN3O3/c1-9-5-6-11(8-12(9)17)18-14(21)16(3,4)15(22)19-13-7-10(2)23-20-13/h5-8H,1-4H3,(H,18,21)(H,19,20,22). The number of nitrogens with one attached hydrogen (secondary N) is 2. The molecule has 122 valence electrons. The highest BCUT2D eigenvalue weighted by Gasteiger charge is 2.36. The molecule has 2 N–H and O–H groups in total. The number of nitrogens with zero attached hydrogens (tertiary/aromatic N) is 1. The third kappa shape index (κ3) is 3.98. The molecule has 2 rings (SSSR count). The van der Waals surface area contributed by atoms with E-state index in [0.717, 1.165) is 10.0 Å². The van der Waals surface area contributed by atoms with E-state index >= 15 is 0 Å². The lowest BCUT2D eigenvalue weighted by atomic mass is 9.91. The normalized spacial score (nSPS) is 11.2. The van der Waals surface area contributed by atoms with Gasteiger partial charge in [-0.25, -0.2) is 0 Å². The fraction of sp³-hybridized carbons (Fsp3) is 0.312. The lowest BCUT2D eigenvalue weighted by molar-refractivity contribution is -0.135. The number of carbonyl (C=O) groups excluding carboxylic acids is 2. The largest absolute Gasteiger partial charge is 0.360 e. The minimum Gasteiger partial charge on any atom is -0.360 e. The van der Waals surface area contributed by atoms with E-state index in [9.17, 15) is 9.59 Å². The van der Waals surface area contributed by atoms with Crippen molar-refractivity contribution in [3.05, 3.63) is 40.1 Å². The van der Waals surface area contributed by atoms with Gasteiger partial charge in [0.25, 0.3) is 0 Å². The number of carbonyl (C=O) groups is 2. The zero-order valence-corrected chi connectivity index (χ0v) is 14.9. The Labute approximate surface area is 142 Å². The van der Waals surface area contributed by atoms with Crippen LogP contribution in [-0.2, 0) is 9.59 Å². The van der Waals surface area contributed by atoms with Crippen LogP contribution in [0.25, 0.3) is 0 Å². The number of anilines is 2. The Kier molecular flexibility index (Phi) is 4.89. The summed E-state index contributed by atoms with van der Waals surface area (Å²) in [5, 5.41) is 9.01. The zero-order valence-electron chi connectivity index (χ0n) is 13.4. The highest BCUT2D eigenvalue weighted by Crippen LogP contribution is 2.24. The summed E-state index contributed by atoms with van der Waals surface area (Å²) in [5.41, 5.74) is 0.400. The summed E-state index contributed by atoms with van der Waals surface area (Å²) >= 11 is 3.41. The van der Waals surface area contributed by atoms with Crippen LogP contribution in [0.3, 0.4) is 0 Å². The van der Waals surface area contributed by atoms with E-state index < -0.39 is 17.2 Å². The molecular formula is C16H18BrN3O3. The van der Waals surface area contributed by atoms with Crippen LogP contribution in [-0.4, -0.2) is 17.0 Å². The number of hydrogen-bond donors (Lipinski definition) is 2. The van der Waals surface area contributed by atoms with Crippen LogP contribution in [0.15, 0.2) is 33.3 Å². The van der Waals surface area contributed by atoms with E-state index in [1.165, 1.54) is 0 Å². The van der Waals surface area contributed by atoms with Crippen LogP contribution in [0.4, 0.5) is 11.5 Å². The van der Waals surface area contributed by atoms with Gasteiger partial charge in [0.2, 0.25) is 11.8 Å². The molecule has 0 fully saturated rings. The molecule has 1 aromatic carbocycles. The molecule has 0 aliphatic carbocycles. The average Bonchev–Trinajstić information content (AvgIpc) is 2.88. The molecule has 1 heterocycles. The Morgan fingerprint density at radius 1 is 1.13 bits per heavy atom. The quantitative estimate of drug-likeness (QED) is 0.793. The van der Waals surface area contributed by atoms with E-state index in [0.29, 0.717) is 11.4 Å². The van der Waals surface area contributed by atoms with Crippen LogP contribution >= 0.6 is 15.9 Å². The van der Waals surface area contributed by atoms with Gasteiger partial charge < -0.3 is 15.2 Å². The Bertz CT molecular complexity index is 753. The molecule has 0 bridgehead atoms. The van der Waals surface area contributed by atoms with Gasteiger partial charge in [0.15, 0.2) is 5.82 Å². The molecule has 0 saturated heterocycles. The second kappa shape index (κ2) is 6.54. The maximum absolute atomic E-state index is 12.4. The summed E-state index contributed by atoms with van der Waals surface area (Å²) in [6, 6.07) is 7.04. The van der Waals surface area contributed by atoms with Crippen molar-refractivity contribution < 1.29 is 14.1 Å². The molecule has 2 amide bonds. The molecule has 0 saturated carbocycles. The first kappa shape index (κ1) is 17.2. The number of halogens is 1. The highest BCUT2D eigenvalue weighted by atomic mass is 79.9. The van der Waals surface area contributed by atoms with E-state index in [-0.39, 0.29) is 5.82 Å². The summed E-state index contributed by atoms with van der Waals surface area (Å²) in [6.07, 6.45) is 0. The molecule has 1 aromatic heterocycles. The van der Waals surface area contributed by atoms with Gasteiger partial charge in [0.05, 0.1) is 0 Å². The minimum atomic E-state index is -1.27. The van der Waals surface area contributed by atoms with Crippen LogP contribution < -0.4 is 10.6 Å². The molecule has 23 heavy (non-hydrogen) atoms. The van der Waals surface area contributed by atoms with E-state index in [1.807, 2.05) is 13.0 Å². The Balaban J connectivity index is 2.09. The highest BCUT2D eigenvalue weighted by molar-refractivity contribution is 9.10. The SMILES string of the molecule is Cc1cc(NC(=O)C(C)(C)C(=O)Nc2ccc(C)c(Br)c2)no1. The third-order valence-corrected chi connectivity index (χ3v) is 4.29. The molecule has 6 nitrogen and oxygen atoms in total. The number of aromatic nitrogens is 1. The van der Waals surface area contributed by atoms with Gasteiger partial charge in [-0.15, -0.1) is 0 Å². The first-order chi connectivity index (χ1) is 10.7. The Morgan fingerprint density at radius 3 is 2.35 bits per heavy atom. The maximum atomic E-state index is 12.4. The lowest BCUT2D eigenvalue weighted by Gasteiger charge is -2.22. The summed E-state index contributed by atoms with van der Waals surface area (Å²) in [5.74, 6) is -0.0148. The van der Waals surface area contributed by atoms with Crippen LogP contribution in [0, 0.1) is 19.3 Å². The minimum absolute atomic E-state index is 0.284. The zero-order chi connectivity index (χ0) is 17.2. The Hall–Kier alpha value is -2.15. The predicted octanol–water partition coefficient (Wildman–Crippen LogP) is 3.66. The number of aryl methyl sites for hydroxylation is 2. The summed E-state index contributed by atoms with van der Waals surface area (Å²) in [6.45, 7) is 6.77. The van der Waals surface area contributed by atoms with Gasteiger partial charge in [-0.2, -0.15) is 0 Å². The van der Waals surface area contributed by atoms with Crippen molar-refractivity contribution in [2.45, 2.75) is 27.7 Å². The summed E-state index contributed by atoms with van der Waals surface area (Å²) in [4.78, 5) is 24.8. The number of amides is 2. The van der Waals surface area contributed by atoms with Crippen molar-refractivity contribution in [2.75, 3.05) is 10.6 Å². The van der Waals surface area contributed by atoms with Gasteiger partial charge in [-0.1, -0.05) is 27.2 Å². The van der Waals surface area contributed by atoms with Gasteiger partial charge in [0.1, 0.15) is 11.2 Å². The van der Waals surface area contributed by atoms with E-state index in [2.05, 4.69) is 31.7 Å². The molecule has 0 aliphatic heterocycles. The predicted molar refractivity (Wildman–Crippen MR) is 91.2 cm³/mol. The van der Waals surface area contributed by atoms with Gasteiger partial charge in [0, 0.05) is 16.2 Å². The fourth-order valence-corrected chi connectivity index (χ4v) is 2.14. The Morgan fingerprint density at radius 2 is 1.78 bits per heavy atom. The van der Waals surface area contributed by atoms with Gasteiger partial charge >= 0.3 is 0 Å². The molecule has 0 atom stereocenters. The van der Waals surface area contributed by atoms with Crippen molar-refractivity contribution in [3.63, 3.8) is 0 Å². The smallest absolute Gasteiger partial charge is 0.240 e. The second-order valence-corrected chi connectivity index (χ2v) is 6.67. The lowest BCUT2D eigenvalue weighted by Crippen LogP contribution is -2.41. The van der Waals surface area contributed by atoms with Crippen molar-refractivity contribution in [2.24, 2.45) is 5.41 Å². The van der Waals surface area contributed by atoms with Crippen molar-refractivity contribution >= 4 is 39.2 Å². The van der Waals surface area contributed by atoms with Crippen LogP contribution in [0.1, 0.15) is 25.2 Å². The van der Waals surface area contributed by atoms with Gasteiger partial charge in [-0.3, -0.25) is 9.59 Å². The average molecular weight is 380 g/mol. The molecule has 2 aromatic rings. The second-order valence-electron chi connectivity index (χ2n) is 5.82. The molecular weight excluding hydrogens is 362 g/mol. The number of hydrogen-bond acceptors (Lipinski definition) is 4. The first-order valence-corrected chi connectivity index (χ1v) is 7.82. The summed E-state index contributed by atoms with van der Waals surface area (Å²) < 4.78 is 5.77. The summed E-state index contributed by atoms with van der Waals surface area (Å²) in [7, 11) is 0. The molecule has 0 radical (unpaired) electrons. The van der Waals surface area contributed by atoms with E-state index in [1.54, 1.807) is 39.0 Å². The molecule has 7 heteroatoms. The van der Waals surface area contributed by atoms with E-state index in [4.69, 9.17) is 4.52 Å². The maximum Gasteiger partial charge on any atom is 0.240 e. The monoisotopic (exact) mass is 379 g/mol. The van der Waals surface area contributed by atoms with Crippen molar-refractivity contribution in [1.29, 1.82) is 0 Å². The molecule has 0 aliphatic rings. The molecule has 0 unspecified atom stereocenters. The van der Waals surface area contributed by atoms with Crippen LogP contribution in [0.5, 0.6) is 0 Å². The molecule has 0 spiro atoms.